The first-order chi connectivity index (χ1) is 8.34. The minimum absolute atomic E-state index is 0.0989. The summed E-state index contributed by atoms with van der Waals surface area (Å²) in [7, 11) is 0. The lowest BCUT2D eigenvalue weighted by Gasteiger charge is -2.09. The minimum atomic E-state index is -1.95. The first-order valence-electron chi connectivity index (χ1n) is 4.94. The van der Waals surface area contributed by atoms with E-state index in [2.05, 4.69) is 0 Å². The molecule has 2 aliphatic rings. The molecule has 0 heterocycles. The fourth-order valence-corrected chi connectivity index (χ4v) is 1.80. The maximum atomic E-state index is 11.7. The van der Waals surface area contributed by atoms with E-state index >= 15 is 0 Å². The molecule has 1 unspecified atom stereocenters. The van der Waals surface area contributed by atoms with Crippen LogP contribution in [-0.2, 0) is 14.4 Å². The number of aliphatic hydroxyl groups excluding tert-OH is 1. The zero-order valence-corrected chi connectivity index (χ0v) is 8.87. The summed E-state index contributed by atoms with van der Waals surface area (Å²) >= 11 is 0. The van der Waals surface area contributed by atoms with Crippen molar-refractivity contribution in [2.75, 3.05) is 0 Å². The van der Waals surface area contributed by atoms with Crippen molar-refractivity contribution in [3.63, 3.8) is 0 Å². The van der Waals surface area contributed by atoms with Crippen LogP contribution < -0.4 is 0 Å². The molecular formula is C10H7NO7. The topological polar surface area (TPSA) is 135 Å². The number of ketones is 2. The van der Waals surface area contributed by atoms with Gasteiger partial charge < -0.3 is 10.2 Å². The molecule has 0 saturated heterocycles. The fraction of sp³-hybridized carbons (Fsp3) is 0.300. The van der Waals surface area contributed by atoms with Crippen molar-refractivity contribution < 1.29 is 29.5 Å². The molecule has 0 aromatic carbocycles. The van der Waals surface area contributed by atoms with Gasteiger partial charge in [-0.1, -0.05) is 0 Å². The summed E-state index contributed by atoms with van der Waals surface area (Å²) in [6.45, 7) is 0. The summed E-state index contributed by atoms with van der Waals surface area (Å²) in [5.74, 6) is -3.18. The molecule has 2 N–H and O–H groups in total. The Bertz CT molecular complexity index is 569. The highest BCUT2D eigenvalue weighted by Gasteiger charge is 2.48. The third-order valence-corrected chi connectivity index (χ3v) is 2.78. The SMILES string of the molecule is O=C1C2=C(C2)C(=O)C([N+](=O)[O-])=C1CC(O)C(=O)O. The van der Waals surface area contributed by atoms with Crippen molar-refractivity contribution in [1.82, 2.24) is 0 Å². The number of nitrogens with zero attached hydrogens (tertiary/aromatic N) is 1. The maximum Gasteiger partial charge on any atom is 0.332 e. The van der Waals surface area contributed by atoms with Crippen LogP contribution in [0.25, 0.3) is 0 Å². The molecule has 2 aliphatic carbocycles. The van der Waals surface area contributed by atoms with Crippen molar-refractivity contribution in [1.29, 1.82) is 0 Å². The molecule has 0 aromatic heterocycles. The molecule has 0 aliphatic heterocycles. The van der Waals surface area contributed by atoms with E-state index in [0.717, 1.165) is 0 Å². The van der Waals surface area contributed by atoms with E-state index in [1.54, 1.807) is 0 Å². The Morgan fingerprint density at radius 3 is 2.39 bits per heavy atom. The lowest BCUT2D eigenvalue weighted by molar-refractivity contribution is -0.419. The Balaban J connectivity index is 2.41. The van der Waals surface area contributed by atoms with Crippen LogP contribution >= 0.6 is 0 Å². The largest absolute Gasteiger partial charge is 0.479 e. The number of allylic oxidation sites excluding steroid dienone is 2. The van der Waals surface area contributed by atoms with Gasteiger partial charge in [0.05, 0.1) is 10.5 Å². The Hall–Kier alpha value is -2.35. The van der Waals surface area contributed by atoms with E-state index in [-0.39, 0.29) is 17.6 Å². The van der Waals surface area contributed by atoms with Gasteiger partial charge in [0.1, 0.15) is 0 Å². The molecule has 8 heteroatoms. The summed E-state index contributed by atoms with van der Waals surface area (Å²) in [5.41, 5.74) is -1.16. The second-order valence-electron chi connectivity index (χ2n) is 3.93. The zero-order valence-electron chi connectivity index (χ0n) is 8.87. The summed E-state index contributed by atoms with van der Waals surface area (Å²) in [5, 5.41) is 28.4. The van der Waals surface area contributed by atoms with Gasteiger partial charge in [-0.3, -0.25) is 19.7 Å². The molecule has 1 atom stereocenters. The van der Waals surface area contributed by atoms with Gasteiger partial charge in [-0.05, 0) is 0 Å². The first kappa shape index (κ1) is 12.1. The third kappa shape index (κ3) is 1.72. The number of carbonyl (C=O) groups excluding carboxylic acids is 2. The molecule has 0 bridgehead atoms. The molecule has 0 saturated carbocycles. The molecule has 0 fully saturated rings. The third-order valence-electron chi connectivity index (χ3n) is 2.78. The van der Waals surface area contributed by atoms with E-state index in [9.17, 15) is 24.5 Å². The van der Waals surface area contributed by atoms with Crippen molar-refractivity contribution >= 4 is 17.5 Å². The van der Waals surface area contributed by atoms with Gasteiger partial charge in [-0.25, -0.2) is 4.79 Å². The molecule has 0 amide bonds. The highest BCUT2D eigenvalue weighted by atomic mass is 16.6. The van der Waals surface area contributed by atoms with E-state index < -0.39 is 46.3 Å². The van der Waals surface area contributed by atoms with Gasteiger partial charge in [0.25, 0.3) is 5.78 Å². The fourth-order valence-electron chi connectivity index (χ4n) is 1.80. The smallest absolute Gasteiger partial charge is 0.332 e. The molecule has 0 aromatic rings. The quantitative estimate of drug-likeness (QED) is 0.380. The van der Waals surface area contributed by atoms with Crippen LogP contribution in [0.15, 0.2) is 22.4 Å². The van der Waals surface area contributed by atoms with Crippen molar-refractivity contribution in [2.45, 2.75) is 18.9 Å². The molecule has 94 valence electrons. The molecule has 0 radical (unpaired) electrons. The van der Waals surface area contributed by atoms with Crippen molar-refractivity contribution in [3.05, 3.63) is 32.5 Å². The Morgan fingerprint density at radius 1 is 1.33 bits per heavy atom. The van der Waals surface area contributed by atoms with Crippen LogP contribution in [0.1, 0.15) is 12.8 Å². The number of carbonyl (C=O) groups is 3. The van der Waals surface area contributed by atoms with E-state index in [1.165, 1.54) is 0 Å². The maximum absolute atomic E-state index is 11.7. The number of Topliss-reactive ketones (excluding diaryl/α,β-unsaturated/α-hetero) is 2. The van der Waals surface area contributed by atoms with Crippen LogP contribution in [0, 0.1) is 10.1 Å². The molecule has 0 spiro atoms. The van der Waals surface area contributed by atoms with Crippen LogP contribution in [0.4, 0.5) is 0 Å². The number of aliphatic carboxylic acids is 1. The Labute approximate surface area is 99.4 Å². The van der Waals surface area contributed by atoms with Crippen LogP contribution in [0.2, 0.25) is 0 Å². The van der Waals surface area contributed by atoms with Gasteiger partial charge in [0.15, 0.2) is 11.9 Å². The van der Waals surface area contributed by atoms with Gasteiger partial charge in [-0.15, -0.1) is 0 Å². The predicted molar refractivity (Wildman–Crippen MR) is 53.9 cm³/mol. The van der Waals surface area contributed by atoms with Gasteiger partial charge in [0, 0.05) is 24.0 Å². The van der Waals surface area contributed by atoms with Crippen molar-refractivity contribution in [3.8, 4) is 0 Å². The van der Waals surface area contributed by atoms with E-state index in [0.29, 0.717) is 0 Å². The average molecular weight is 253 g/mol. The summed E-state index contributed by atoms with van der Waals surface area (Å²) in [6, 6.07) is 0. The van der Waals surface area contributed by atoms with Crippen LogP contribution in [0.5, 0.6) is 0 Å². The lowest BCUT2D eigenvalue weighted by atomic mass is 9.95. The van der Waals surface area contributed by atoms with Gasteiger partial charge in [0.2, 0.25) is 0 Å². The summed E-state index contributed by atoms with van der Waals surface area (Å²) in [6.07, 6.45) is -2.60. The second-order valence-corrected chi connectivity index (χ2v) is 3.93. The van der Waals surface area contributed by atoms with Crippen LogP contribution in [-0.4, -0.2) is 38.8 Å². The molecular weight excluding hydrogens is 246 g/mol. The second kappa shape index (κ2) is 3.84. The minimum Gasteiger partial charge on any atom is -0.479 e. The molecule has 18 heavy (non-hydrogen) atoms. The summed E-state index contributed by atoms with van der Waals surface area (Å²) in [4.78, 5) is 43.5. The van der Waals surface area contributed by atoms with E-state index in [1.807, 2.05) is 0 Å². The van der Waals surface area contributed by atoms with Gasteiger partial charge in [-0.2, -0.15) is 0 Å². The average Bonchev–Trinajstić information content (AvgIpc) is 3.04. The monoisotopic (exact) mass is 253 g/mol. The van der Waals surface area contributed by atoms with Crippen molar-refractivity contribution in [2.24, 2.45) is 0 Å². The lowest BCUT2D eigenvalue weighted by Crippen LogP contribution is -2.26. The standard InChI is InChI=1S/C10H7NO7/c12-6(10(15)16)2-5-7(11(17)18)9(14)4-1-3(4)8(5)13/h6,12H,1-2H2,(H,15,16). The van der Waals surface area contributed by atoms with E-state index in [4.69, 9.17) is 10.2 Å². The number of carboxylic acid groups (broad SMARTS) is 1. The summed E-state index contributed by atoms with van der Waals surface area (Å²) < 4.78 is 0. The molecule has 2 rings (SSSR count). The Kier molecular flexibility index (Phi) is 2.59. The number of hydrogen-bond acceptors (Lipinski definition) is 6. The highest BCUT2D eigenvalue weighted by molar-refractivity contribution is 6.29. The highest BCUT2D eigenvalue weighted by Crippen LogP contribution is 2.42. The predicted octanol–water partition coefficient (Wildman–Crippen LogP) is -0.795. The zero-order chi connectivity index (χ0) is 13.6. The van der Waals surface area contributed by atoms with Gasteiger partial charge >= 0.3 is 11.7 Å². The number of hydrogen-bond donors (Lipinski definition) is 2. The number of carboxylic acids is 1. The number of nitro groups is 1. The molecule has 8 nitrogen and oxygen atoms in total. The number of aliphatic hydroxyl groups is 1. The first-order valence-corrected chi connectivity index (χ1v) is 4.94. The number of rotatable bonds is 4. The van der Waals surface area contributed by atoms with Crippen LogP contribution in [0.3, 0.4) is 0 Å². The Morgan fingerprint density at radius 2 is 1.89 bits per heavy atom. The normalized spacial score (nSPS) is 19.8.